The lowest BCUT2D eigenvalue weighted by molar-refractivity contribution is 0.779. The lowest BCUT2D eigenvalue weighted by Crippen LogP contribution is -2.26. The molecule has 5 heteroatoms. The normalized spacial score (nSPS) is 13.2. The predicted molar refractivity (Wildman–Crippen MR) is 52.3 cm³/mol. The summed E-state index contributed by atoms with van der Waals surface area (Å²) in [5, 5.41) is 3.00. The van der Waals surface area contributed by atoms with Gasteiger partial charge >= 0.3 is 0 Å². The zero-order valence-electron chi connectivity index (χ0n) is 7.67. The Balaban J connectivity index is 3.78. The molecule has 0 atom stereocenters. The van der Waals surface area contributed by atoms with Crippen LogP contribution in [0, 0.1) is 0 Å². The SMILES string of the molecule is CN=C(N=C(C)N)NCCCN. The second-order valence-corrected chi connectivity index (χ2v) is 2.37. The van der Waals surface area contributed by atoms with Crippen molar-refractivity contribution in [3.63, 3.8) is 0 Å². The van der Waals surface area contributed by atoms with E-state index in [9.17, 15) is 0 Å². The molecule has 0 aromatic carbocycles. The zero-order chi connectivity index (χ0) is 9.40. The molecule has 0 saturated carbocycles. The van der Waals surface area contributed by atoms with E-state index in [2.05, 4.69) is 15.3 Å². The van der Waals surface area contributed by atoms with Crippen molar-refractivity contribution in [2.75, 3.05) is 20.1 Å². The molecule has 0 bridgehead atoms. The van der Waals surface area contributed by atoms with E-state index < -0.39 is 0 Å². The number of nitrogens with two attached hydrogens (primary N) is 2. The smallest absolute Gasteiger partial charge is 0.219 e. The van der Waals surface area contributed by atoms with Crippen LogP contribution in [0.3, 0.4) is 0 Å². The zero-order valence-corrected chi connectivity index (χ0v) is 7.67. The summed E-state index contributed by atoms with van der Waals surface area (Å²) in [6, 6.07) is 0. The molecule has 0 aliphatic rings. The summed E-state index contributed by atoms with van der Waals surface area (Å²) in [5.41, 5.74) is 10.7. The van der Waals surface area contributed by atoms with Crippen LogP contribution in [0.1, 0.15) is 13.3 Å². The van der Waals surface area contributed by atoms with E-state index in [1.165, 1.54) is 0 Å². The van der Waals surface area contributed by atoms with Crippen molar-refractivity contribution in [2.24, 2.45) is 21.5 Å². The van der Waals surface area contributed by atoms with Gasteiger partial charge in [-0.25, -0.2) is 4.99 Å². The lowest BCUT2D eigenvalue weighted by Gasteiger charge is -2.03. The van der Waals surface area contributed by atoms with Gasteiger partial charge in [0.2, 0.25) is 5.96 Å². The van der Waals surface area contributed by atoms with Crippen molar-refractivity contribution >= 4 is 11.8 Å². The van der Waals surface area contributed by atoms with Gasteiger partial charge in [0.25, 0.3) is 0 Å². The van der Waals surface area contributed by atoms with Crippen molar-refractivity contribution in [3.05, 3.63) is 0 Å². The highest BCUT2D eigenvalue weighted by molar-refractivity contribution is 5.93. The van der Waals surface area contributed by atoms with Crippen molar-refractivity contribution < 1.29 is 0 Å². The quantitative estimate of drug-likeness (QED) is 0.297. The van der Waals surface area contributed by atoms with Crippen molar-refractivity contribution in [1.29, 1.82) is 0 Å². The van der Waals surface area contributed by atoms with Crippen LogP contribution in [-0.2, 0) is 0 Å². The summed E-state index contributed by atoms with van der Waals surface area (Å²) in [5.74, 6) is 1.05. The first-order chi connectivity index (χ1) is 5.70. The van der Waals surface area contributed by atoms with Gasteiger partial charge in [-0.05, 0) is 19.9 Å². The molecule has 0 amide bonds. The van der Waals surface area contributed by atoms with Crippen LogP contribution in [0.2, 0.25) is 0 Å². The molecule has 0 fully saturated rings. The Hall–Kier alpha value is -1.10. The molecule has 5 N–H and O–H groups in total. The van der Waals surface area contributed by atoms with E-state index in [4.69, 9.17) is 11.5 Å². The van der Waals surface area contributed by atoms with Gasteiger partial charge < -0.3 is 16.8 Å². The fourth-order valence-corrected chi connectivity index (χ4v) is 0.638. The van der Waals surface area contributed by atoms with Crippen LogP contribution >= 0.6 is 0 Å². The van der Waals surface area contributed by atoms with Crippen LogP contribution in [0.5, 0.6) is 0 Å². The van der Waals surface area contributed by atoms with Gasteiger partial charge in [0.1, 0.15) is 0 Å². The summed E-state index contributed by atoms with van der Waals surface area (Å²) >= 11 is 0. The largest absolute Gasteiger partial charge is 0.387 e. The molecule has 0 aromatic rings. The number of nitrogens with zero attached hydrogens (tertiary/aromatic N) is 2. The molecule has 0 radical (unpaired) electrons. The highest BCUT2D eigenvalue weighted by Gasteiger charge is 1.92. The Morgan fingerprint density at radius 2 is 2.17 bits per heavy atom. The van der Waals surface area contributed by atoms with Crippen LogP contribution < -0.4 is 16.8 Å². The molecule has 0 aromatic heterocycles. The van der Waals surface area contributed by atoms with Crippen LogP contribution in [0.25, 0.3) is 0 Å². The monoisotopic (exact) mass is 171 g/mol. The Kier molecular flexibility index (Phi) is 6.00. The summed E-state index contributed by atoms with van der Waals surface area (Å²) in [6.45, 7) is 3.16. The van der Waals surface area contributed by atoms with Crippen LogP contribution in [0.15, 0.2) is 9.98 Å². The number of rotatable bonds is 3. The summed E-state index contributed by atoms with van der Waals surface area (Å²) in [6.07, 6.45) is 0.901. The van der Waals surface area contributed by atoms with E-state index in [-0.39, 0.29) is 0 Å². The molecule has 0 unspecified atom stereocenters. The van der Waals surface area contributed by atoms with Crippen LogP contribution in [-0.4, -0.2) is 31.9 Å². The number of nitrogens with one attached hydrogen (secondary N) is 1. The molecule has 0 aliphatic carbocycles. The average Bonchev–Trinajstić information content (AvgIpc) is 2.02. The Morgan fingerprint density at radius 3 is 2.58 bits per heavy atom. The van der Waals surface area contributed by atoms with Crippen molar-refractivity contribution in [1.82, 2.24) is 5.32 Å². The first-order valence-corrected chi connectivity index (χ1v) is 3.92. The van der Waals surface area contributed by atoms with Gasteiger partial charge in [-0.3, -0.25) is 4.99 Å². The molecular formula is C7H17N5. The van der Waals surface area contributed by atoms with Gasteiger partial charge in [0.05, 0.1) is 5.84 Å². The van der Waals surface area contributed by atoms with Gasteiger partial charge in [-0.15, -0.1) is 0 Å². The van der Waals surface area contributed by atoms with E-state index in [0.29, 0.717) is 18.3 Å². The molecule has 0 rings (SSSR count). The first-order valence-electron chi connectivity index (χ1n) is 3.92. The maximum Gasteiger partial charge on any atom is 0.219 e. The van der Waals surface area contributed by atoms with E-state index in [1.54, 1.807) is 14.0 Å². The van der Waals surface area contributed by atoms with Gasteiger partial charge in [0.15, 0.2) is 0 Å². The number of amidine groups is 1. The second-order valence-electron chi connectivity index (χ2n) is 2.37. The lowest BCUT2D eigenvalue weighted by atomic mass is 10.4. The molecule has 0 aliphatic heterocycles. The Morgan fingerprint density at radius 1 is 1.50 bits per heavy atom. The minimum Gasteiger partial charge on any atom is -0.387 e. The first kappa shape index (κ1) is 10.9. The highest BCUT2D eigenvalue weighted by Crippen LogP contribution is 1.78. The molecule has 0 heterocycles. The minimum absolute atomic E-state index is 0.496. The van der Waals surface area contributed by atoms with Crippen molar-refractivity contribution in [2.45, 2.75) is 13.3 Å². The number of hydrogen-bond donors (Lipinski definition) is 3. The summed E-state index contributed by atoms with van der Waals surface area (Å²) in [4.78, 5) is 7.86. The molecule has 0 spiro atoms. The molecule has 0 saturated heterocycles. The van der Waals surface area contributed by atoms with Crippen LogP contribution in [0.4, 0.5) is 0 Å². The summed E-state index contributed by atoms with van der Waals surface area (Å²) in [7, 11) is 1.66. The predicted octanol–water partition coefficient (Wildman–Crippen LogP) is -0.712. The maximum absolute atomic E-state index is 5.38. The average molecular weight is 171 g/mol. The van der Waals surface area contributed by atoms with Gasteiger partial charge in [0, 0.05) is 13.6 Å². The summed E-state index contributed by atoms with van der Waals surface area (Å²) < 4.78 is 0. The van der Waals surface area contributed by atoms with Gasteiger partial charge in [-0.2, -0.15) is 0 Å². The number of guanidine groups is 1. The highest BCUT2D eigenvalue weighted by atomic mass is 15.1. The number of aliphatic imine (C=N–C) groups is 2. The van der Waals surface area contributed by atoms with Gasteiger partial charge in [-0.1, -0.05) is 0 Å². The molecule has 12 heavy (non-hydrogen) atoms. The van der Waals surface area contributed by atoms with E-state index >= 15 is 0 Å². The fourth-order valence-electron chi connectivity index (χ4n) is 0.638. The van der Waals surface area contributed by atoms with Crippen molar-refractivity contribution in [3.8, 4) is 0 Å². The minimum atomic E-state index is 0.496. The third-order valence-corrected chi connectivity index (χ3v) is 1.16. The Bertz CT molecular complexity index is 169. The molecule has 5 nitrogen and oxygen atoms in total. The second kappa shape index (κ2) is 6.60. The topological polar surface area (TPSA) is 88.8 Å². The Labute approximate surface area is 72.9 Å². The third-order valence-electron chi connectivity index (χ3n) is 1.16. The fraction of sp³-hybridized carbons (Fsp3) is 0.714. The number of hydrogen-bond acceptors (Lipinski definition) is 2. The van der Waals surface area contributed by atoms with E-state index in [0.717, 1.165) is 13.0 Å². The maximum atomic E-state index is 5.38. The van der Waals surface area contributed by atoms with E-state index in [1.807, 2.05) is 0 Å². The standard InChI is InChI=1S/C7H17N5/c1-6(9)12-7(10-2)11-5-3-4-8/h3-5,8H2,1-2H3,(H3,9,10,11,12). The molecule has 70 valence electrons. The third kappa shape index (κ3) is 5.67. The molecular weight excluding hydrogens is 154 g/mol.